The van der Waals surface area contributed by atoms with Crippen LogP contribution in [-0.2, 0) is 0 Å². The van der Waals surface area contributed by atoms with Crippen LogP contribution in [0.5, 0.6) is 0 Å². The number of hydrogen-bond donors (Lipinski definition) is 3. The largest absolute Gasteiger partial charge is 0.351 e. The molecule has 0 aliphatic heterocycles. The SMILES string of the molecule is NC(=O)N(C(=O)c1ccc(NC(=O)NC(=O)c2c(F)cccc2F)cc1)c1ccc(I)cc1. The lowest BCUT2D eigenvalue weighted by molar-refractivity contribution is 0.0956. The molecule has 0 aliphatic carbocycles. The minimum Gasteiger partial charge on any atom is -0.351 e. The Labute approximate surface area is 199 Å². The van der Waals surface area contributed by atoms with Gasteiger partial charge in [-0.3, -0.25) is 14.9 Å². The fourth-order valence-corrected chi connectivity index (χ4v) is 3.16. The molecule has 3 rings (SSSR count). The number of anilines is 2. The van der Waals surface area contributed by atoms with Gasteiger partial charge in [0.25, 0.3) is 11.8 Å². The third-order valence-electron chi connectivity index (χ3n) is 4.31. The molecule has 0 aromatic heterocycles. The number of halogens is 3. The van der Waals surface area contributed by atoms with Crippen molar-refractivity contribution in [3.05, 3.63) is 93.1 Å². The highest BCUT2D eigenvalue weighted by atomic mass is 127. The lowest BCUT2D eigenvalue weighted by Crippen LogP contribution is -2.40. The van der Waals surface area contributed by atoms with Gasteiger partial charge in [0.1, 0.15) is 17.2 Å². The van der Waals surface area contributed by atoms with E-state index in [0.717, 1.165) is 26.7 Å². The zero-order valence-corrected chi connectivity index (χ0v) is 18.8. The standard InChI is InChI=1S/C22H15F2IN4O4/c23-16-2-1-3-17(24)18(16)19(30)28-22(33)27-14-8-4-12(5-9-14)20(31)29(21(26)32)15-10-6-13(25)7-11-15/h1-11H,(H2,26,32)(H2,27,28,30,33). The van der Waals surface area contributed by atoms with Crippen molar-refractivity contribution < 1.29 is 28.0 Å². The molecule has 0 saturated heterocycles. The van der Waals surface area contributed by atoms with Crippen LogP contribution in [0.3, 0.4) is 0 Å². The number of amides is 6. The number of imide groups is 2. The van der Waals surface area contributed by atoms with Crippen molar-refractivity contribution in [2.24, 2.45) is 5.73 Å². The summed E-state index contributed by atoms with van der Waals surface area (Å²) in [4.78, 5) is 49.4. The van der Waals surface area contributed by atoms with Gasteiger partial charge in [-0.1, -0.05) is 6.07 Å². The van der Waals surface area contributed by atoms with Crippen LogP contribution in [-0.4, -0.2) is 23.9 Å². The van der Waals surface area contributed by atoms with Gasteiger partial charge in [-0.15, -0.1) is 0 Å². The maximum absolute atomic E-state index is 13.7. The molecule has 0 heterocycles. The van der Waals surface area contributed by atoms with Crippen LogP contribution >= 0.6 is 22.6 Å². The molecule has 0 bridgehead atoms. The number of carbonyl (C=O) groups is 4. The van der Waals surface area contributed by atoms with Crippen molar-refractivity contribution in [2.45, 2.75) is 0 Å². The van der Waals surface area contributed by atoms with E-state index >= 15 is 0 Å². The summed E-state index contributed by atoms with van der Waals surface area (Å²) in [5.74, 6) is -4.18. The van der Waals surface area contributed by atoms with E-state index in [2.05, 4.69) is 27.9 Å². The maximum Gasteiger partial charge on any atom is 0.326 e. The van der Waals surface area contributed by atoms with Gasteiger partial charge in [0.15, 0.2) is 0 Å². The van der Waals surface area contributed by atoms with Crippen LogP contribution in [0.15, 0.2) is 66.7 Å². The molecule has 0 aliphatic rings. The van der Waals surface area contributed by atoms with Crippen LogP contribution in [0.2, 0.25) is 0 Å². The molecule has 0 unspecified atom stereocenters. The molecule has 3 aromatic rings. The van der Waals surface area contributed by atoms with Crippen LogP contribution in [0.4, 0.5) is 29.7 Å². The van der Waals surface area contributed by atoms with E-state index in [0.29, 0.717) is 0 Å². The minimum absolute atomic E-state index is 0.0998. The summed E-state index contributed by atoms with van der Waals surface area (Å²) in [5.41, 5.74) is 5.03. The second-order valence-electron chi connectivity index (χ2n) is 6.54. The first kappa shape index (κ1) is 23.8. The summed E-state index contributed by atoms with van der Waals surface area (Å²) in [6, 6.07) is 12.7. The molecule has 168 valence electrons. The Balaban J connectivity index is 1.69. The molecule has 33 heavy (non-hydrogen) atoms. The van der Waals surface area contributed by atoms with Crippen LogP contribution in [0.25, 0.3) is 0 Å². The van der Waals surface area contributed by atoms with Gasteiger partial charge in [0.2, 0.25) is 0 Å². The van der Waals surface area contributed by atoms with Crippen molar-refractivity contribution in [2.75, 3.05) is 10.2 Å². The second kappa shape index (κ2) is 10.2. The monoisotopic (exact) mass is 564 g/mol. The van der Waals surface area contributed by atoms with E-state index in [1.54, 1.807) is 24.3 Å². The van der Waals surface area contributed by atoms with Crippen molar-refractivity contribution in [3.63, 3.8) is 0 Å². The Kier molecular flexibility index (Phi) is 7.33. The van der Waals surface area contributed by atoms with E-state index in [9.17, 15) is 28.0 Å². The molecular formula is C22H15F2IN4O4. The maximum atomic E-state index is 13.7. The first-order valence-electron chi connectivity index (χ1n) is 9.23. The molecule has 0 radical (unpaired) electrons. The average Bonchev–Trinajstić information content (AvgIpc) is 2.75. The smallest absolute Gasteiger partial charge is 0.326 e. The number of rotatable bonds is 4. The first-order chi connectivity index (χ1) is 15.7. The number of carbonyl (C=O) groups excluding carboxylic acids is 4. The molecule has 4 N–H and O–H groups in total. The van der Waals surface area contributed by atoms with Crippen molar-refractivity contribution in [1.82, 2.24) is 5.32 Å². The van der Waals surface area contributed by atoms with Gasteiger partial charge in [0.05, 0.1) is 5.69 Å². The van der Waals surface area contributed by atoms with E-state index in [1.165, 1.54) is 24.3 Å². The van der Waals surface area contributed by atoms with E-state index < -0.39 is 41.1 Å². The van der Waals surface area contributed by atoms with Gasteiger partial charge in [0, 0.05) is 14.8 Å². The summed E-state index contributed by atoms with van der Waals surface area (Å²) in [6.07, 6.45) is 0. The second-order valence-corrected chi connectivity index (χ2v) is 7.78. The highest BCUT2D eigenvalue weighted by Crippen LogP contribution is 2.20. The topological polar surface area (TPSA) is 122 Å². The summed E-state index contributed by atoms with van der Waals surface area (Å²) in [5, 5.41) is 4.12. The molecule has 8 nitrogen and oxygen atoms in total. The predicted molar refractivity (Wildman–Crippen MR) is 125 cm³/mol. The van der Waals surface area contributed by atoms with Gasteiger partial charge < -0.3 is 11.1 Å². The minimum atomic E-state index is -1.26. The van der Waals surface area contributed by atoms with Crippen molar-refractivity contribution >= 4 is 57.8 Å². The molecule has 11 heteroatoms. The summed E-state index contributed by atoms with van der Waals surface area (Å²) in [7, 11) is 0. The Hall–Kier alpha value is -3.87. The lowest BCUT2D eigenvalue weighted by Gasteiger charge is -2.19. The fraction of sp³-hybridized carbons (Fsp3) is 0. The number of primary amides is 1. The lowest BCUT2D eigenvalue weighted by atomic mass is 10.1. The molecular weight excluding hydrogens is 549 g/mol. The highest BCUT2D eigenvalue weighted by Gasteiger charge is 2.23. The highest BCUT2D eigenvalue weighted by molar-refractivity contribution is 14.1. The van der Waals surface area contributed by atoms with Gasteiger partial charge >= 0.3 is 12.1 Å². The first-order valence-corrected chi connectivity index (χ1v) is 10.3. The Morgan fingerprint density at radius 1 is 0.848 bits per heavy atom. The zero-order chi connectivity index (χ0) is 24.1. The third-order valence-corrected chi connectivity index (χ3v) is 5.03. The molecule has 0 atom stereocenters. The normalized spacial score (nSPS) is 10.3. The fourth-order valence-electron chi connectivity index (χ4n) is 2.80. The Bertz CT molecular complexity index is 1210. The summed E-state index contributed by atoms with van der Waals surface area (Å²) >= 11 is 2.08. The van der Waals surface area contributed by atoms with E-state index in [-0.39, 0.29) is 16.9 Å². The summed E-state index contributed by atoms with van der Waals surface area (Å²) in [6.45, 7) is 0. The molecule has 6 amide bonds. The number of urea groups is 2. The van der Waals surface area contributed by atoms with Gasteiger partial charge in [-0.2, -0.15) is 0 Å². The number of nitrogens with one attached hydrogen (secondary N) is 2. The number of hydrogen-bond acceptors (Lipinski definition) is 4. The average molecular weight is 564 g/mol. The molecule has 0 spiro atoms. The van der Waals surface area contributed by atoms with Crippen LogP contribution in [0, 0.1) is 15.2 Å². The number of nitrogens with zero attached hydrogens (tertiary/aromatic N) is 1. The zero-order valence-electron chi connectivity index (χ0n) is 16.6. The van der Waals surface area contributed by atoms with Crippen LogP contribution in [0.1, 0.15) is 20.7 Å². The number of nitrogens with two attached hydrogens (primary N) is 1. The molecule has 0 fully saturated rings. The summed E-state index contributed by atoms with van der Waals surface area (Å²) < 4.78 is 28.2. The van der Waals surface area contributed by atoms with Gasteiger partial charge in [-0.05, 0) is 83.3 Å². The number of benzene rings is 3. The molecule has 3 aromatic carbocycles. The van der Waals surface area contributed by atoms with Crippen molar-refractivity contribution in [3.8, 4) is 0 Å². The Morgan fingerprint density at radius 2 is 1.42 bits per heavy atom. The van der Waals surface area contributed by atoms with E-state index in [4.69, 9.17) is 5.73 Å². The van der Waals surface area contributed by atoms with Crippen LogP contribution < -0.4 is 21.3 Å². The van der Waals surface area contributed by atoms with Crippen molar-refractivity contribution in [1.29, 1.82) is 0 Å². The van der Waals surface area contributed by atoms with E-state index in [1.807, 2.05) is 5.32 Å². The quantitative estimate of drug-likeness (QED) is 0.410. The predicted octanol–water partition coefficient (Wildman–Crippen LogP) is 4.26. The van der Waals surface area contributed by atoms with Gasteiger partial charge in [-0.25, -0.2) is 23.3 Å². The third kappa shape index (κ3) is 5.68. The molecule has 0 saturated carbocycles. The Morgan fingerprint density at radius 3 is 1.97 bits per heavy atom.